The molecular formula is C26H28FN3O3. The summed E-state index contributed by atoms with van der Waals surface area (Å²) in [5, 5.41) is 4.21. The summed E-state index contributed by atoms with van der Waals surface area (Å²) in [5.41, 5.74) is 3.97. The van der Waals surface area contributed by atoms with Gasteiger partial charge in [0.1, 0.15) is 23.9 Å². The summed E-state index contributed by atoms with van der Waals surface area (Å²) in [4.78, 5) is 15.4. The van der Waals surface area contributed by atoms with Crippen LogP contribution in [0, 0.1) is 17.7 Å². The first kappa shape index (κ1) is 25.3. The molecule has 33 heavy (non-hydrogen) atoms. The predicted molar refractivity (Wildman–Crippen MR) is 129 cm³/mol. The summed E-state index contributed by atoms with van der Waals surface area (Å²) < 4.78 is 24.5. The largest absolute Gasteiger partial charge is 0.487 e. The molecule has 1 unspecified atom stereocenters. The Labute approximate surface area is 194 Å². The fraction of sp³-hybridized carbons (Fsp3) is 0.269. The van der Waals surface area contributed by atoms with Gasteiger partial charge < -0.3 is 9.47 Å². The number of hydrogen-bond donors (Lipinski definition) is 1. The second-order valence-electron chi connectivity index (χ2n) is 6.90. The first-order chi connectivity index (χ1) is 16.0. The number of nitrogens with one attached hydrogen (secondary N) is 1. The summed E-state index contributed by atoms with van der Waals surface area (Å²) in [6.07, 6.45) is 6.34. The number of hydrogen-bond acceptors (Lipinski definition) is 5. The van der Waals surface area contributed by atoms with E-state index in [4.69, 9.17) is 9.47 Å². The van der Waals surface area contributed by atoms with Gasteiger partial charge >= 0.3 is 5.97 Å². The third-order valence-corrected chi connectivity index (χ3v) is 4.25. The van der Waals surface area contributed by atoms with E-state index in [1.165, 1.54) is 19.3 Å². The van der Waals surface area contributed by atoms with E-state index >= 15 is 0 Å². The zero-order valence-electron chi connectivity index (χ0n) is 19.0. The van der Waals surface area contributed by atoms with Crippen LogP contribution in [0.15, 0.2) is 70.8 Å². The Morgan fingerprint density at radius 1 is 1.24 bits per heavy atom. The van der Waals surface area contributed by atoms with Gasteiger partial charge in [0.05, 0.1) is 0 Å². The number of para-hydroxylation sites is 1. The van der Waals surface area contributed by atoms with Crippen LogP contribution in [0.1, 0.15) is 39.2 Å². The molecule has 2 aromatic rings. The number of hydrazone groups is 1. The second kappa shape index (κ2) is 14.2. The van der Waals surface area contributed by atoms with Gasteiger partial charge in [-0.05, 0) is 55.7 Å². The van der Waals surface area contributed by atoms with Crippen molar-refractivity contribution >= 4 is 18.0 Å². The smallest absolute Gasteiger partial charge is 0.308 e. The number of nitrogens with zero attached hydrogens (tertiary/aromatic N) is 2. The molecule has 172 valence electrons. The number of aliphatic imine (C=N–C) groups is 1. The van der Waals surface area contributed by atoms with Crippen LogP contribution in [0.25, 0.3) is 0 Å². The number of carbonyl (C=O) groups excluding carboxylic acids is 1. The van der Waals surface area contributed by atoms with Crippen molar-refractivity contribution in [3.63, 3.8) is 0 Å². The summed E-state index contributed by atoms with van der Waals surface area (Å²) in [6, 6.07) is 13.3. The molecule has 0 spiro atoms. The monoisotopic (exact) mass is 449 g/mol. The molecule has 0 heterocycles. The van der Waals surface area contributed by atoms with Crippen LogP contribution in [-0.2, 0) is 4.79 Å². The van der Waals surface area contributed by atoms with Crippen LogP contribution in [0.2, 0.25) is 0 Å². The van der Waals surface area contributed by atoms with Gasteiger partial charge in [0.25, 0.3) is 0 Å². The van der Waals surface area contributed by atoms with Crippen molar-refractivity contribution in [1.29, 1.82) is 0 Å². The van der Waals surface area contributed by atoms with Crippen LogP contribution >= 0.6 is 0 Å². The molecular weight excluding hydrogens is 421 g/mol. The molecule has 0 aliphatic heterocycles. The highest BCUT2D eigenvalue weighted by Gasteiger charge is 2.10. The number of carbonyl (C=O) groups is 1. The quantitative estimate of drug-likeness (QED) is 0.140. The molecule has 0 fully saturated rings. The van der Waals surface area contributed by atoms with Crippen molar-refractivity contribution < 1.29 is 18.7 Å². The predicted octanol–water partition coefficient (Wildman–Crippen LogP) is 4.90. The fourth-order valence-corrected chi connectivity index (χ4v) is 2.69. The molecule has 0 radical (unpaired) electrons. The van der Waals surface area contributed by atoms with E-state index < -0.39 is 0 Å². The SMILES string of the molecule is C/C=C\C(C#Cc1cccc(OC(C)=O)c1)=N/NC=NCCC(CC)Oc1ccccc1F. The molecule has 1 N–H and O–H groups in total. The molecule has 7 heteroatoms. The minimum atomic E-state index is -0.385. The molecule has 0 saturated carbocycles. The number of ether oxygens (including phenoxy) is 2. The average Bonchev–Trinajstić information content (AvgIpc) is 2.79. The molecule has 6 nitrogen and oxygen atoms in total. The van der Waals surface area contributed by atoms with E-state index in [0.29, 0.717) is 30.0 Å². The minimum absolute atomic E-state index is 0.130. The molecule has 0 aromatic heterocycles. The maximum Gasteiger partial charge on any atom is 0.308 e. The van der Waals surface area contributed by atoms with Crippen LogP contribution in [0.4, 0.5) is 4.39 Å². The van der Waals surface area contributed by atoms with Crippen molar-refractivity contribution in [2.75, 3.05) is 6.54 Å². The van der Waals surface area contributed by atoms with E-state index in [1.54, 1.807) is 42.5 Å². The molecule has 0 aliphatic rings. The number of benzene rings is 2. The Balaban J connectivity index is 1.89. The van der Waals surface area contributed by atoms with E-state index in [2.05, 4.69) is 27.4 Å². The molecule has 2 aromatic carbocycles. The Morgan fingerprint density at radius 2 is 2.06 bits per heavy atom. The number of rotatable bonds is 10. The highest BCUT2D eigenvalue weighted by molar-refractivity contribution is 6.09. The van der Waals surface area contributed by atoms with Gasteiger partial charge in [0.15, 0.2) is 11.6 Å². The van der Waals surface area contributed by atoms with Crippen molar-refractivity contribution in [1.82, 2.24) is 5.43 Å². The normalized spacial score (nSPS) is 12.3. The van der Waals surface area contributed by atoms with Crippen LogP contribution < -0.4 is 14.9 Å². The first-order valence-electron chi connectivity index (χ1n) is 10.7. The third kappa shape index (κ3) is 9.83. The summed E-state index contributed by atoms with van der Waals surface area (Å²) in [7, 11) is 0. The molecule has 1 atom stereocenters. The number of halogens is 1. The van der Waals surface area contributed by atoms with Crippen molar-refractivity contribution in [3.05, 3.63) is 72.1 Å². The first-order valence-corrected chi connectivity index (χ1v) is 10.7. The number of allylic oxidation sites excluding steroid dienone is 2. The summed E-state index contributed by atoms with van der Waals surface area (Å²) >= 11 is 0. The van der Waals surface area contributed by atoms with Gasteiger partial charge in [-0.3, -0.25) is 15.2 Å². The second-order valence-corrected chi connectivity index (χ2v) is 6.90. The Bertz CT molecular complexity index is 1070. The molecule has 0 bridgehead atoms. The highest BCUT2D eigenvalue weighted by Crippen LogP contribution is 2.19. The van der Waals surface area contributed by atoms with Crippen LogP contribution in [0.3, 0.4) is 0 Å². The molecule has 0 saturated heterocycles. The van der Waals surface area contributed by atoms with Gasteiger partial charge in [-0.1, -0.05) is 37.1 Å². The highest BCUT2D eigenvalue weighted by atomic mass is 19.1. The van der Waals surface area contributed by atoms with Crippen LogP contribution in [0.5, 0.6) is 11.5 Å². The standard InChI is InChI=1S/C26H28FN3O3/c1-4-9-22(15-14-21-10-8-11-24(18-21)32-20(3)31)30-29-19-28-17-16-23(5-2)33-26-13-7-6-12-25(26)27/h4,6-13,18-19,23H,5,16-17H2,1-3H3,(H,28,29)/b9-4-,30-22+. The lowest BCUT2D eigenvalue weighted by Gasteiger charge is -2.16. The Morgan fingerprint density at radius 3 is 2.79 bits per heavy atom. The zero-order chi connectivity index (χ0) is 23.9. The van der Waals surface area contributed by atoms with E-state index in [-0.39, 0.29) is 23.6 Å². The van der Waals surface area contributed by atoms with Gasteiger partial charge in [0.2, 0.25) is 0 Å². The summed E-state index contributed by atoms with van der Waals surface area (Å²) in [5.74, 6) is 5.89. The van der Waals surface area contributed by atoms with E-state index in [0.717, 1.165) is 6.42 Å². The lowest BCUT2D eigenvalue weighted by Crippen LogP contribution is -2.17. The van der Waals surface area contributed by atoms with E-state index in [9.17, 15) is 9.18 Å². The maximum atomic E-state index is 13.7. The Kier molecular flexibility index (Phi) is 10.9. The summed E-state index contributed by atoms with van der Waals surface area (Å²) in [6.45, 7) is 5.71. The molecule has 2 rings (SSSR count). The van der Waals surface area contributed by atoms with Crippen molar-refractivity contribution in [2.24, 2.45) is 10.1 Å². The topological polar surface area (TPSA) is 72.3 Å². The van der Waals surface area contributed by atoms with Crippen LogP contribution in [-0.4, -0.2) is 30.7 Å². The van der Waals surface area contributed by atoms with Crippen molar-refractivity contribution in [3.8, 4) is 23.3 Å². The van der Waals surface area contributed by atoms with Gasteiger partial charge in [0, 0.05) is 25.5 Å². The number of esters is 1. The lowest BCUT2D eigenvalue weighted by molar-refractivity contribution is -0.131. The minimum Gasteiger partial charge on any atom is -0.487 e. The van der Waals surface area contributed by atoms with Gasteiger partial charge in [-0.15, -0.1) is 0 Å². The average molecular weight is 450 g/mol. The lowest BCUT2D eigenvalue weighted by atomic mass is 10.2. The molecule has 0 aliphatic carbocycles. The molecule has 0 amide bonds. The van der Waals surface area contributed by atoms with Gasteiger partial charge in [-0.2, -0.15) is 5.10 Å². The fourth-order valence-electron chi connectivity index (χ4n) is 2.69. The maximum absolute atomic E-state index is 13.7. The van der Waals surface area contributed by atoms with Crippen molar-refractivity contribution in [2.45, 2.75) is 39.7 Å². The Hall–Kier alpha value is -3.92. The third-order valence-electron chi connectivity index (χ3n) is 4.25. The van der Waals surface area contributed by atoms with E-state index in [1.807, 2.05) is 26.0 Å². The zero-order valence-corrected chi connectivity index (χ0v) is 19.0. The van der Waals surface area contributed by atoms with Gasteiger partial charge in [-0.25, -0.2) is 4.39 Å².